The molecule has 0 aromatic heterocycles. The molecule has 1 fully saturated rings. The number of hydrogen-bond acceptors (Lipinski definition) is 5. The maximum absolute atomic E-state index is 13.6. The van der Waals surface area contributed by atoms with Crippen LogP contribution in [0.1, 0.15) is 12.8 Å². The van der Waals surface area contributed by atoms with Gasteiger partial charge in [0.25, 0.3) is 5.69 Å². The van der Waals surface area contributed by atoms with Crippen LogP contribution in [0.15, 0.2) is 17.0 Å². The van der Waals surface area contributed by atoms with Crippen molar-refractivity contribution in [3.63, 3.8) is 0 Å². The van der Waals surface area contributed by atoms with Crippen LogP contribution in [0.2, 0.25) is 0 Å². The van der Waals surface area contributed by atoms with Crippen molar-refractivity contribution < 1.29 is 17.7 Å². The van der Waals surface area contributed by atoms with E-state index < -0.39 is 37.0 Å². The summed E-state index contributed by atoms with van der Waals surface area (Å²) in [6, 6.07) is 1.16. The van der Waals surface area contributed by atoms with Crippen molar-refractivity contribution in [3.8, 4) is 0 Å². The van der Waals surface area contributed by atoms with Crippen LogP contribution >= 0.6 is 0 Å². The molecule has 0 amide bonds. The van der Waals surface area contributed by atoms with Gasteiger partial charge in [0.2, 0.25) is 10.0 Å². The molecule has 1 saturated carbocycles. The summed E-state index contributed by atoms with van der Waals surface area (Å²) in [5.74, 6) is -1.23. The monoisotopic (exact) mass is 275 g/mol. The summed E-state index contributed by atoms with van der Waals surface area (Å²) in [5.41, 5.74) is 4.31. The molecule has 0 radical (unpaired) electrons. The molecule has 9 heteroatoms. The molecule has 1 aromatic carbocycles. The van der Waals surface area contributed by atoms with E-state index in [0.29, 0.717) is 18.9 Å². The van der Waals surface area contributed by atoms with Gasteiger partial charge in [-0.1, -0.05) is 0 Å². The maximum atomic E-state index is 13.6. The Kier molecular flexibility index (Phi) is 2.95. The van der Waals surface area contributed by atoms with E-state index in [4.69, 9.17) is 5.73 Å². The second kappa shape index (κ2) is 4.18. The molecular formula is C9H10FN3O4S. The van der Waals surface area contributed by atoms with Gasteiger partial charge in [-0.3, -0.25) is 10.1 Å². The van der Waals surface area contributed by atoms with Crippen LogP contribution in [0.5, 0.6) is 0 Å². The lowest BCUT2D eigenvalue weighted by Gasteiger charge is -2.09. The van der Waals surface area contributed by atoms with Crippen LogP contribution < -0.4 is 10.5 Å². The third-order valence-corrected chi connectivity index (χ3v) is 4.05. The average Bonchev–Trinajstić information content (AvgIpc) is 2.98. The zero-order valence-electron chi connectivity index (χ0n) is 9.09. The summed E-state index contributed by atoms with van der Waals surface area (Å²) >= 11 is 0. The Hall–Kier alpha value is -1.74. The van der Waals surface area contributed by atoms with Crippen molar-refractivity contribution in [2.75, 3.05) is 5.73 Å². The maximum Gasteiger partial charge on any atom is 0.274 e. The molecule has 2 rings (SSSR count). The number of anilines is 1. The smallest absolute Gasteiger partial charge is 0.274 e. The number of benzene rings is 1. The molecule has 1 aliphatic carbocycles. The van der Waals surface area contributed by atoms with Crippen molar-refractivity contribution in [2.45, 2.75) is 23.8 Å². The van der Waals surface area contributed by atoms with E-state index in [1.807, 2.05) is 0 Å². The molecule has 0 spiro atoms. The number of nitrogens with two attached hydrogens (primary N) is 1. The standard InChI is InChI=1S/C9H10FN3O4S/c10-7-3-6(13(14)15)4-8(11)9(7)18(16,17)12-5-1-2-5/h3-5,12H,1-2,11H2. The van der Waals surface area contributed by atoms with Gasteiger partial charge in [0, 0.05) is 12.1 Å². The van der Waals surface area contributed by atoms with Gasteiger partial charge in [-0.2, -0.15) is 0 Å². The van der Waals surface area contributed by atoms with Crippen LogP contribution in [-0.4, -0.2) is 19.4 Å². The van der Waals surface area contributed by atoms with E-state index in [1.54, 1.807) is 0 Å². The van der Waals surface area contributed by atoms with Crippen LogP contribution in [0.4, 0.5) is 15.8 Å². The fourth-order valence-corrected chi connectivity index (χ4v) is 2.95. The Bertz CT molecular complexity index is 589. The number of rotatable bonds is 4. The highest BCUT2D eigenvalue weighted by Gasteiger charge is 2.32. The highest BCUT2D eigenvalue weighted by atomic mass is 32.2. The van der Waals surface area contributed by atoms with Crippen molar-refractivity contribution in [1.29, 1.82) is 0 Å². The predicted octanol–water partition coefficient (Wildman–Crippen LogP) is 0.757. The third-order valence-electron chi connectivity index (χ3n) is 2.44. The van der Waals surface area contributed by atoms with Gasteiger partial charge in [-0.05, 0) is 12.8 Å². The lowest BCUT2D eigenvalue weighted by atomic mass is 10.3. The van der Waals surface area contributed by atoms with E-state index in [-0.39, 0.29) is 6.04 Å². The minimum Gasteiger partial charge on any atom is -0.397 e. The minimum absolute atomic E-state index is 0.205. The molecule has 1 aromatic rings. The molecule has 18 heavy (non-hydrogen) atoms. The molecule has 98 valence electrons. The number of sulfonamides is 1. The lowest BCUT2D eigenvalue weighted by Crippen LogP contribution is -2.27. The fourth-order valence-electron chi connectivity index (χ4n) is 1.47. The molecule has 7 nitrogen and oxygen atoms in total. The number of hydrogen-bond donors (Lipinski definition) is 2. The first-order chi connectivity index (χ1) is 8.31. The first-order valence-electron chi connectivity index (χ1n) is 5.07. The fraction of sp³-hybridized carbons (Fsp3) is 0.333. The first-order valence-corrected chi connectivity index (χ1v) is 6.55. The molecule has 3 N–H and O–H groups in total. The van der Waals surface area contributed by atoms with Gasteiger partial charge < -0.3 is 5.73 Å². The quantitative estimate of drug-likeness (QED) is 0.478. The Morgan fingerprint density at radius 3 is 2.50 bits per heavy atom. The third kappa shape index (κ3) is 2.41. The normalized spacial score (nSPS) is 15.6. The van der Waals surface area contributed by atoms with E-state index in [0.717, 1.165) is 6.07 Å². The number of nitrogen functional groups attached to an aromatic ring is 1. The Morgan fingerprint density at radius 2 is 2.06 bits per heavy atom. The van der Waals surface area contributed by atoms with Crippen LogP contribution in [-0.2, 0) is 10.0 Å². The highest BCUT2D eigenvalue weighted by Crippen LogP contribution is 2.29. The molecule has 0 aliphatic heterocycles. The van der Waals surface area contributed by atoms with Gasteiger partial charge in [0.15, 0.2) is 5.82 Å². The van der Waals surface area contributed by atoms with Gasteiger partial charge in [0.1, 0.15) is 4.90 Å². The van der Waals surface area contributed by atoms with Crippen molar-refractivity contribution in [1.82, 2.24) is 4.72 Å². The molecule has 0 unspecified atom stereocenters. The molecular weight excluding hydrogens is 265 g/mol. The molecule has 0 heterocycles. The summed E-state index contributed by atoms with van der Waals surface area (Å²) in [4.78, 5) is 8.89. The van der Waals surface area contributed by atoms with Crippen LogP contribution in [0.3, 0.4) is 0 Å². The SMILES string of the molecule is Nc1cc([N+](=O)[O-])cc(F)c1S(=O)(=O)NC1CC1. The molecule has 0 saturated heterocycles. The zero-order valence-corrected chi connectivity index (χ0v) is 9.91. The summed E-state index contributed by atoms with van der Waals surface area (Å²) in [6.45, 7) is 0. The van der Waals surface area contributed by atoms with E-state index >= 15 is 0 Å². The lowest BCUT2D eigenvalue weighted by molar-refractivity contribution is -0.385. The number of halogens is 1. The molecule has 1 aliphatic rings. The van der Waals surface area contributed by atoms with Gasteiger partial charge in [-0.25, -0.2) is 17.5 Å². The van der Waals surface area contributed by atoms with E-state index in [2.05, 4.69) is 4.72 Å². The van der Waals surface area contributed by atoms with Gasteiger partial charge >= 0.3 is 0 Å². The summed E-state index contributed by atoms with van der Waals surface area (Å²) in [6.07, 6.45) is 1.38. The zero-order chi connectivity index (χ0) is 13.5. The second-order valence-corrected chi connectivity index (χ2v) is 5.65. The number of nitrogens with zero attached hydrogens (tertiary/aromatic N) is 1. The summed E-state index contributed by atoms with van der Waals surface area (Å²) in [7, 11) is -4.07. The Balaban J connectivity index is 2.47. The first kappa shape index (κ1) is 12.7. The molecule has 0 atom stereocenters. The number of nitrogens with one attached hydrogen (secondary N) is 1. The summed E-state index contributed by atoms with van der Waals surface area (Å²) < 4.78 is 39.5. The topological polar surface area (TPSA) is 115 Å². The second-order valence-electron chi connectivity index (χ2n) is 4.00. The van der Waals surface area contributed by atoms with Crippen molar-refractivity contribution >= 4 is 21.4 Å². The summed E-state index contributed by atoms with van der Waals surface area (Å²) in [5, 5.41) is 10.5. The van der Waals surface area contributed by atoms with E-state index in [1.165, 1.54) is 0 Å². The largest absolute Gasteiger partial charge is 0.397 e. The average molecular weight is 275 g/mol. The van der Waals surface area contributed by atoms with Crippen LogP contribution in [0.25, 0.3) is 0 Å². The van der Waals surface area contributed by atoms with Gasteiger partial charge in [-0.15, -0.1) is 0 Å². The van der Waals surface area contributed by atoms with Crippen molar-refractivity contribution in [2.24, 2.45) is 0 Å². The minimum atomic E-state index is -4.07. The number of nitro groups is 1. The van der Waals surface area contributed by atoms with Crippen molar-refractivity contribution in [3.05, 3.63) is 28.1 Å². The molecule has 0 bridgehead atoms. The predicted molar refractivity (Wildman–Crippen MR) is 60.8 cm³/mol. The number of nitro benzene ring substituents is 1. The van der Waals surface area contributed by atoms with Crippen LogP contribution in [0, 0.1) is 15.9 Å². The Morgan fingerprint density at radius 1 is 1.44 bits per heavy atom. The number of non-ortho nitro benzene ring substituents is 1. The Labute approximate surface area is 102 Å². The highest BCUT2D eigenvalue weighted by molar-refractivity contribution is 7.89. The van der Waals surface area contributed by atoms with E-state index in [9.17, 15) is 22.9 Å². The van der Waals surface area contributed by atoms with Gasteiger partial charge in [0.05, 0.1) is 16.7 Å².